The molecule has 2 rings (SSSR count). The minimum atomic E-state index is -0.998. The van der Waals surface area contributed by atoms with Crippen molar-refractivity contribution in [3.63, 3.8) is 0 Å². The molecule has 1 N–H and O–H groups in total. The van der Waals surface area contributed by atoms with E-state index in [4.69, 9.17) is 14.6 Å². The number of carbonyl (C=O) groups is 1. The monoisotopic (exact) mass is 273 g/mol. The van der Waals surface area contributed by atoms with E-state index in [1.165, 1.54) is 12.1 Å². The van der Waals surface area contributed by atoms with Crippen LogP contribution in [0.1, 0.15) is 23.0 Å². The molecule has 0 aliphatic carbocycles. The molecule has 0 atom stereocenters. The summed E-state index contributed by atoms with van der Waals surface area (Å²) in [6.07, 6.45) is 0. The summed E-state index contributed by atoms with van der Waals surface area (Å²) in [5.74, 6) is 0.743. The predicted molar refractivity (Wildman–Crippen MR) is 73.6 cm³/mol. The van der Waals surface area contributed by atoms with Gasteiger partial charge in [0.05, 0.1) is 17.9 Å². The lowest BCUT2D eigenvalue weighted by atomic mass is 10.2. The number of aromatic nitrogens is 1. The summed E-state index contributed by atoms with van der Waals surface area (Å²) in [5.41, 5.74) is 0.588. The molecule has 1 aromatic heterocycles. The number of hydrogen-bond donors (Lipinski definition) is 1. The van der Waals surface area contributed by atoms with Gasteiger partial charge in [-0.3, -0.25) is 0 Å². The average Bonchev–Trinajstić information content (AvgIpc) is 2.41. The molecular weight excluding hydrogens is 258 g/mol. The Morgan fingerprint density at radius 1 is 1.15 bits per heavy atom. The van der Waals surface area contributed by atoms with E-state index in [2.05, 4.69) is 4.98 Å². The van der Waals surface area contributed by atoms with Crippen molar-refractivity contribution in [3.8, 4) is 17.4 Å². The van der Waals surface area contributed by atoms with E-state index in [-0.39, 0.29) is 5.56 Å². The van der Waals surface area contributed by atoms with Crippen molar-refractivity contribution in [1.82, 2.24) is 4.98 Å². The van der Waals surface area contributed by atoms with Gasteiger partial charge >= 0.3 is 5.97 Å². The fourth-order valence-corrected chi connectivity index (χ4v) is 1.71. The highest BCUT2D eigenvalue weighted by molar-refractivity contribution is 5.88. The molecular formula is C15H15NO4. The number of aromatic carboxylic acids is 1. The summed E-state index contributed by atoms with van der Waals surface area (Å²) in [6.45, 7) is 4.16. The molecule has 2 aromatic rings. The molecule has 0 radical (unpaired) electrons. The zero-order valence-electron chi connectivity index (χ0n) is 11.3. The predicted octanol–water partition coefficient (Wildman–Crippen LogP) is 3.28. The van der Waals surface area contributed by atoms with Crippen molar-refractivity contribution in [2.75, 3.05) is 6.61 Å². The average molecular weight is 273 g/mol. The van der Waals surface area contributed by atoms with Crippen LogP contribution in [0.3, 0.4) is 0 Å². The second kappa shape index (κ2) is 6.06. The van der Waals surface area contributed by atoms with Crippen LogP contribution in [0.5, 0.6) is 17.4 Å². The van der Waals surface area contributed by atoms with Crippen LogP contribution in [-0.4, -0.2) is 22.7 Å². The Kier molecular flexibility index (Phi) is 4.20. The third-order valence-corrected chi connectivity index (χ3v) is 2.65. The molecule has 1 heterocycles. The van der Waals surface area contributed by atoms with Gasteiger partial charge in [0, 0.05) is 6.07 Å². The zero-order valence-corrected chi connectivity index (χ0v) is 11.3. The minimum absolute atomic E-state index is 0.170. The SMILES string of the molecule is CCOc1ccc(Oc2ccc(C(=O)O)c(C)n2)cc1. The minimum Gasteiger partial charge on any atom is -0.494 e. The third kappa shape index (κ3) is 3.26. The van der Waals surface area contributed by atoms with Crippen molar-refractivity contribution < 1.29 is 19.4 Å². The van der Waals surface area contributed by atoms with Gasteiger partial charge in [-0.15, -0.1) is 0 Å². The maximum Gasteiger partial charge on any atom is 0.337 e. The molecule has 5 heteroatoms. The second-order valence-corrected chi connectivity index (χ2v) is 4.09. The van der Waals surface area contributed by atoms with Crippen LogP contribution < -0.4 is 9.47 Å². The molecule has 1 aromatic carbocycles. The molecule has 0 fully saturated rings. The van der Waals surface area contributed by atoms with Gasteiger partial charge in [0.1, 0.15) is 11.5 Å². The van der Waals surface area contributed by atoms with E-state index in [0.29, 0.717) is 23.9 Å². The maximum atomic E-state index is 10.9. The molecule has 20 heavy (non-hydrogen) atoms. The number of benzene rings is 1. The van der Waals surface area contributed by atoms with E-state index in [9.17, 15) is 4.79 Å². The quantitative estimate of drug-likeness (QED) is 0.905. The van der Waals surface area contributed by atoms with E-state index < -0.39 is 5.97 Å². The molecule has 0 saturated heterocycles. The summed E-state index contributed by atoms with van der Waals surface area (Å²) < 4.78 is 10.9. The molecule has 0 amide bonds. The first kappa shape index (κ1) is 13.9. The number of carboxylic acid groups (broad SMARTS) is 1. The van der Waals surface area contributed by atoms with Crippen molar-refractivity contribution in [2.24, 2.45) is 0 Å². The Morgan fingerprint density at radius 2 is 1.80 bits per heavy atom. The second-order valence-electron chi connectivity index (χ2n) is 4.09. The van der Waals surface area contributed by atoms with Crippen LogP contribution in [0, 0.1) is 6.92 Å². The molecule has 0 unspecified atom stereocenters. The zero-order chi connectivity index (χ0) is 14.5. The van der Waals surface area contributed by atoms with Gasteiger partial charge in [0.2, 0.25) is 5.88 Å². The van der Waals surface area contributed by atoms with Crippen LogP contribution in [0.15, 0.2) is 36.4 Å². The van der Waals surface area contributed by atoms with Crippen LogP contribution in [-0.2, 0) is 0 Å². The van der Waals surface area contributed by atoms with Crippen LogP contribution >= 0.6 is 0 Å². The van der Waals surface area contributed by atoms with Crippen molar-refractivity contribution in [1.29, 1.82) is 0 Å². The molecule has 0 aliphatic rings. The first-order valence-corrected chi connectivity index (χ1v) is 6.22. The van der Waals surface area contributed by atoms with Crippen LogP contribution in [0.2, 0.25) is 0 Å². The van der Waals surface area contributed by atoms with Crippen LogP contribution in [0.25, 0.3) is 0 Å². The summed E-state index contributed by atoms with van der Waals surface area (Å²) in [5, 5.41) is 8.93. The number of pyridine rings is 1. The molecule has 0 saturated carbocycles. The number of rotatable bonds is 5. The summed E-state index contributed by atoms with van der Waals surface area (Å²) in [6, 6.07) is 10.2. The summed E-state index contributed by atoms with van der Waals surface area (Å²) >= 11 is 0. The van der Waals surface area contributed by atoms with Gasteiger partial charge in [-0.2, -0.15) is 0 Å². The highest BCUT2D eigenvalue weighted by Gasteiger charge is 2.09. The molecule has 104 valence electrons. The third-order valence-electron chi connectivity index (χ3n) is 2.65. The first-order valence-electron chi connectivity index (χ1n) is 6.22. The van der Waals surface area contributed by atoms with Crippen LogP contribution in [0.4, 0.5) is 0 Å². The summed E-state index contributed by atoms with van der Waals surface area (Å²) in [7, 11) is 0. The lowest BCUT2D eigenvalue weighted by molar-refractivity contribution is 0.0695. The van der Waals surface area contributed by atoms with E-state index in [0.717, 1.165) is 5.75 Å². The van der Waals surface area contributed by atoms with Crippen molar-refractivity contribution in [3.05, 3.63) is 47.7 Å². The fourth-order valence-electron chi connectivity index (χ4n) is 1.71. The Hall–Kier alpha value is -2.56. The van der Waals surface area contributed by atoms with Crippen molar-refractivity contribution >= 4 is 5.97 Å². The van der Waals surface area contributed by atoms with Crippen molar-refractivity contribution in [2.45, 2.75) is 13.8 Å². The van der Waals surface area contributed by atoms with Gasteiger partial charge in [-0.05, 0) is 44.2 Å². The smallest absolute Gasteiger partial charge is 0.337 e. The number of nitrogens with zero attached hydrogens (tertiary/aromatic N) is 1. The Labute approximate surface area is 116 Å². The Balaban J connectivity index is 2.13. The van der Waals surface area contributed by atoms with E-state index >= 15 is 0 Å². The van der Waals surface area contributed by atoms with Gasteiger partial charge in [-0.1, -0.05) is 0 Å². The molecule has 0 spiro atoms. The maximum absolute atomic E-state index is 10.9. The summed E-state index contributed by atoms with van der Waals surface area (Å²) in [4.78, 5) is 15.0. The highest BCUT2D eigenvalue weighted by atomic mass is 16.5. The van der Waals surface area contributed by atoms with Gasteiger partial charge in [0.15, 0.2) is 0 Å². The lowest BCUT2D eigenvalue weighted by Crippen LogP contribution is -2.02. The molecule has 0 bridgehead atoms. The fraction of sp³-hybridized carbons (Fsp3) is 0.200. The normalized spacial score (nSPS) is 10.1. The van der Waals surface area contributed by atoms with Gasteiger partial charge in [-0.25, -0.2) is 9.78 Å². The number of ether oxygens (including phenoxy) is 2. The number of aryl methyl sites for hydroxylation is 1. The number of hydrogen-bond acceptors (Lipinski definition) is 4. The largest absolute Gasteiger partial charge is 0.494 e. The molecule has 0 aliphatic heterocycles. The van der Waals surface area contributed by atoms with E-state index in [1.807, 2.05) is 6.92 Å². The Bertz CT molecular complexity index is 608. The number of carboxylic acids is 1. The first-order chi connectivity index (χ1) is 9.60. The Morgan fingerprint density at radius 3 is 2.35 bits per heavy atom. The van der Waals surface area contributed by atoms with E-state index in [1.54, 1.807) is 31.2 Å². The lowest BCUT2D eigenvalue weighted by Gasteiger charge is -2.08. The standard InChI is InChI=1S/C15H15NO4/c1-3-19-11-4-6-12(7-5-11)20-14-9-8-13(15(17)18)10(2)16-14/h4-9H,3H2,1-2H3,(H,17,18). The molecule has 5 nitrogen and oxygen atoms in total. The van der Waals surface area contributed by atoms with Gasteiger partial charge in [0.25, 0.3) is 0 Å². The topological polar surface area (TPSA) is 68.7 Å². The highest BCUT2D eigenvalue weighted by Crippen LogP contribution is 2.23. The van der Waals surface area contributed by atoms with Gasteiger partial charge < -0.3 is 14.6 Å².